The van der Waals surface area contributed by atoms with Crippen LogP contribution in [0.25, 0.3) is 65.8 Å². The second kappa shape index (κ2) is 14.4. The van der Waals surface area contributed by atoms with Gasteiger partial charge in [0.05, 0.1) is 15.3 Å². The maximum Gasteiger partial charge on any atom is 0.148 e. The van der Waals surface area contributed by atoms with Crippen LogP contribution in [0.3, 0.4) is 0 Å². The Labute approximate surface area is 316 Å². The van der Waals surface area contributed by atoms with Crippen LogP contribution in [-0.4, -0.2) is 15.0 Å². The molecule has 8 aromatic rings. The van der Waals surface area contributed by atoms with Gasteiger partial charge in [-0.25, -0.2) is 4.98 Å². The molecule has 6 heteroatoms. The Morgan fingerprint density at radius 3 is 2.28 bits per heavy atom. The zero-order valence-corrected chi connectivity index (χ0v) is 32.1. The molecular weight excluding hydrogens is 811 g/mol. The van der Waals surface area contributed by atoms with Crippen LogP contribution in [0.5, 0.6) is 0 Å². The first-order chi connectivity index (χ1) is 24.8. The molecule has 4 aromatic carbocycles. The van der Waals surface area contributed by atoms with Crippen molar-refractivity contribution >= 4 is 43.5 Å². The Bertz CT molecular complexity index is 2530. The summed E-state index contributed by atoms with van der Waals surface area (Å²) < 4.78 is 29.4. The number of furan rings is 1. The van der Waals surface area contributed by atoms with Crippen molar-refractivity contribution in [1.82, 2.24) is 15.0 Å². The molecule has 0 aliphatic heterocycles. The van der Waals surface area contributed by atoms with Crippen LogP contribution in [0, 0.1) is 45.2 Å². The molecule has 4 heterocycles. The summed E-state index contributed by atoms with van der Waals surface area (Å²) in [6, 6.07) is 34.3. The van der Waals surface area contributed by atoms with Crippen LogP contribution in [0.4, 0.5) is 0 Å². The quantitative estimate of drug-likeness (QED) is 0.166. The van der Waals surface area contributed by atoms with E-state index in [4.69, 9.17) is 18.5 Å². The fraction of sp³-hybridized carbons (Fsp3) is 0.205. The summed E-state index contributed by atoms with van der Waals surface area (Å²) in [5, 5.41) is 3.20. The van der Waals surface area contributed by atoms with E-state index >= 15 is 0 Å². The fourth-order valence-corrected chi connectivity index (χ4v) is 7.24. The van der Waals surface area contributed by atoms with E-state index in [0.717, 1.165) is 66.1 Å². The molecule has 0 aliphatic rings. The number of hydrogen-bond donors (Lipinski definition) is 0. The third kappa shape index (κ3) is 7.20. The van der Waals surface area contributed by atoms with Gasteiger partial charge in [-0.1, -0.05) is 74.2 Å². The predicted molar refractivity (Wildman–Crippen MR) is 205 cm³/mol. The monoisotopic (exact) mass is 853 g/mol. The number of benzene rings is 4. The minimum atomic E-state index is -2.09. The van der Waals surface area contributed by atoms with E-state index in [2.05, 4.69) is 94.2 Å². The molecule has 0 unspecified atom stereocenters. The fourth-order valence-electron chi connectivity index (χ4n) is 6.41. The number of hydrogen-bond acceptors (Lipinski definition) is 5. The average Bonchev–Trinajstić information content (AvgIpc) is 3.68. The minimum Gasteiger partial charge on any atom is -0.498 e. The maximum absolute atomic E-state index is 7.23. The van der Waals surface area contributed by atoms with Crippen LogP contribution >= 0.6 is 11.3 Å². The molecule has 8 rings (SSSR count). The average molecular weight is 853 g/mol. The van der Waals surface area contributed by atoms with Gasteiger partial charge >= 0.3 is 0 Å². The normalized spacial score (nSPS) is 12.6. The van der Waals surface area contributed by atoms with E-state index in [0.29, 0.717) is 0 Å². The smallest absolute Gasteiger partial charge is 0.148 e. The van der Waals surface area contributed by atoms with Gasteiger partial charge in [0.25, 0.3) is 0 Å². The van der Waals surface area contributed by atoms with Crippen molar-refractivity contribution in [3.05, 3.63) is 137 Å². The van der Waals surface area contributed by atoms with E-state index in [1.165, 1.54) is 34.0 Å². The molecule has 0 bridgehead atoms. The molecule has 253 valence electrons. The Morgan fingerprint density at radius 1 is 0.800 bits per heavy atom. The SMILES string of the molecule is Cc1nc2c(ccc3c4cc[c-]c(-c5cc(CC(C)(C)C)c(-c6c(C)cccc6C)cn5)c4oc32)s1.[2H]C([2H])([2H])c1ccc(-c2[c-]cccc2)nc1.[Ir]. The standard InChI is InChI=1S/C32H29N2OS.C12H10N.Ir/c1-18-9-7-10-19(2)28(18)25-17-33-26(15-21(25)16-32(4,5)6)24-12-8-11-22-23-13-14-27-29(34-20(3)36-27)31(23)35-30(22)24;1-10-7-8-12(13-9-10)11-5-3-2-4-6-11;/h7-11,13-15,17H,16H2,1-6H3;2-5,7-9H,1H3;/q2*-1;/i;1D3;. The van der Waals surface area contributed by atoms with Gasteiger partial charge in [-0.3, -0.25) is 0 Å². The summed E-state index contributed by atoms with van der Waals surface area (Å²) in [6.07, 6.45) is 4.38. The topological polar surface area (TPSA) is 51.8 Å². The molecule has 50 heavy (non-hydrogen) atoms. The molecule has 0 aliphatic carbocycles. The van der Waals surface area contributed by atoms with Crippen molar-refractivity contribution in [2.75, 3.05) is 0 Å². The molecule has 4 aromatic heterocycles. The number of rotatable bonds is 4. The van der Waals surface area contributed by atoms with Gasteiger partial charge < -0.3 is 14.4 Å². The molecule has 0 N–H and O–H groups in total. The van der Waals surface area contributed by atoms with Crippen LogP contribution < -0.4 is 0 Å². The Balaban J connectivity index is 0.000000238. The number of aryl methyl sites for hydroxylation is 4. The zero-order chi connectivity index (χ0) is 36.8. The van der Waals surface area contributed by atoms with Gasteiger partial charge in [0.15, 0.2) is 0 Å². The first-order valence-electron chi connectivity index (χ1n) is 17.9. The molecule has 0 spiro atoms. The summed E-state index contributed by atoms with van der Waals surface area (Å²) >= 11 is 1.70. The Morgan fingerprint density at radius 2 is 1.58 bits per heavy atom. The molecule has 0 atom stereocenters. The molecular formula is C44H39IrN3OS-2. The van der Waals surface area contributed by atoms with E-state index < -0.39 is 6.85 Å². The first-order valence-corrected chi connectivity index (χ1v) is 17.2. The van der Waals surface area contributed by atoms with Crippen LogP contribution in [-0.2, 0) is 26.5 Å². The first kappa shape index (κ1) is 31.5. The van der Waals surface area contributed by atoms with Crippen LogP contribution in [0.2, 0.25) is 0 Å². The van der Waals surface area contributed by atoms with Gasteiger partial charge in [0.2, 0.25) is 0 Å². The van der Waals surface area contributed by atoms with E-state index in [1.807, 2.05) is 37.4 Å². The summed E-state index contributed by atoms with van der Waals surface area (Å²) in [4.78, 5) is 13.9. The van der Waals surface area contributed by atoms with Crippen molar-refractivity contribution < 1.29 is 28.6 Å². The van der Waals surface area contributed by atoms with E-state index in [1.54, 1.807) is 29.5 Å². The number of fused-ring (bicyclic) bond motifs is 5. The second-order valence-electron chi connectivity index (χ2n) is 13.7. The van der Waals surface area contributed by atoms with Crippen molar-refractivity contribution in [3.63, 3.8) is 0 Å². The van der Waals surface area contributed by atoms with Crippen molar-refractivity contribution in [3.8, 4) is 33.6 Å². The Kier molecular flexibility index (Phi) is 9.07. The summed E-state index contributed by atoms with van der Waals surface area (Å²) in [5.41, 5.74) is 12.7. The number of aromatic nitrogens is 3. The van der Waals surface area contributed by atoms with E-state index in [-0.39, 0.29) is 31.1 Å². The van der Waals surface area contributed by atoms with Crippen LogP contribution in [0.15, 0.2) is 102 Å². The Hall–Kier alpha value is -4.48. The molecule has 0 saturated heterocycles. The molecule has 0 saturated carbocycles. The predicted octanol–water partition coefficient (Wildman–Crippen LogP) is 12.1. The third-order valence-electron chi connectivity index (χ3n) is 8.53. The summed E-state index contributed by atoms with van der Waals surface area (Å²) in [5.74, 6) is 0. The van der Waals surface area contributed by atoms with Crippen molar-refractivity contribution in [2.24, 2.45) is 5.41 Å². The van der Waals surface area contributed by atoms with Crippen LogP contribution in [0.1, 0.15) is 52.1 Å². The zero-order valence-electron chi connectivity index (χ0n) is 31.9. The van der Waals surface area contributed by atoms with Gasteiger partial charge in [-0.05, 0) is 84.7 Å². The number of nitrogens with zero attached hydrogens (tertiary/aromatic N) is 3. The summed E-state index contributed by atoms with van der Waals surface area (Å²) in [6.45, 7) is 11.2. The maximum atomic E-state index is 7.23. The van der Waals surface area contributed by atoms with Gasteiger partial charge in [0, 0.05) is 47.6 Å². The minimum absolute atomic E-state index is 0. The summed E-state index contributed by atoms with van der Waals surface area (Å²) in [7, 11) is 0. The van der Waals surface area contributed by atoms with Gasteiger partial charge in [0.1, 0.15) is 11.1 Å². The molecule has 0 fully saturated rings. The second-order valence-corrected chi connectivity index (χ2v) is 14.9. The molecule has 1 radical (unpaired) electrons. The largest absolute Gasteiger partial charge is 0.498 e. The molecule has 0 amide bonds. The van der Waals surface area contributed by atoms with Crippen molar-refractivity contribution in [1.29, 1.82) is 0 Å². The van der Waals surface area contributed by atoms with Gasteiger partial charge in [-0.15, -0.1) is 65.4 Å². The number of pyridine rings is 2. The van der Waals surface area contributed by atoms with E-state index in [9.17, 15) is 0 Å². The molecule has 4 nitrogen and oxygen atoms in total. The van der Waals surface area contributed by atoms with Gasteiger partial charge in [-0.2, -0.15) is 0 Å². The van der Waals surface area contributed by atoms with Crippen molar-refractivity contribution in [2.45, 2.75) is 54.8 Å². The number of thiazole rings is 1. The third-order valence-corrected chi connectivity index (χ3v) is 9.47.